The van der Waals surface area contributed by atoms with E-state index in [-0.39, 0.29) is 17.2 Å². The van der Waals surface area contributed by atoms with Gasteiger partial charge in [-0.1, -0.05) is 46.0 Å². The molecule has 4 aliphatic rings. The third-order valence-corrected chi connectivity index (χ3v) is 8.07. The minimum atomic E-state index is -0.00379. The highest BCUT2D eigenvalue weighted by atomic mass is 16.5. The maximum absolute atomic E-state index is 13.2. The maximum atomic E-state index is 13.2. The molecule has 3 aliphatic heterocycles. The molecule has 0 bridgehead atoms. The molecular formula is C25H36N2O4. The van der Waals surface area contributed by atoms with Gasteiger partial charge in [-0.25, -0.2) is 0 Å². The molecular weight excluding hydrogens is 392 g/mol. The first kappa shape index (κ1) is 21.0. The van der Waals surface area contributed by atoms with Gasteiger partial charge in [0.2, 0.25) is 5.91 Å². The Hall–Kier alpha value is -1.82. The zero-order chi connectivity index (χ0) is 21.6. The molecule has 31 heavy (non-hydrogen) atoms. The van der Waals surface area contributed by atoms with Gasteiger partial charge in [-0.2, -0.15) is 0 Å². The second-order valence-corrected chi connectivity index (χ2v) is 10.8. The first-order chi connectivity index (χ1) is 15.0. The maximum Gasteiger partial charge on any atom is 0.289 e. The molecule has 5 rings (SSSR count). The number of hydrogen-bond acceptors (Lipinski definition) is 4. The van der Waals surface area contributed by atoms with E-state index < -0.39 is 0 Å². The summed E-state index contributed by atoms with van der Waals surface area (Å²) in [6.45, 7) is 8.63. The van der Waals surface area contributed by atoms with E-state index in [9.17, 15) is 9.59 Å². The molecule has 1 aliphatic carbocycles. The summed E-state index contributed by atoms with van der Waals surface area (Å²) in [5.74, 6) is 2.09. The highest BCUT2D eigenvalue weighted by Gasteiger charge is 2.55. The van der Waals surface area contributed by atoms with Gasteiger partial charge in [0.1, 0.15) is 0 Å². The number of hydrogen-bond donors (Lipinski definition) is 0. The number of furan rings is 1. The van der Waals surface area contributed by atoms with Crippen molar-refractivity contribution >= 4 is 11.8 Å². The van der Waals surface area contributed by atoms with Crippen LogP contribution in [0.1, 0.15) is 74.1 Å². The van der Waals surface area contributed by atoms with E-state index in [4.69, 9.17) is 9.15 Å². The fourth-order valence-corrected chi connectivity index (χ4v) is 6.19. The number of carbonyl (C=O) groups excluding carboxylic acids is 2. The van der Waals surface area contributed by atoms with E-state index in [1.165, 1.54) is 32.1 Å². The Kier molecular flexibility index (Phi) is 5.61. The third-order valence-electron chi connectivity index (χ3n) is 8.07. The van der Waals surface area contributed by atoms with E-state index in [1.807, 2.05) is 4.90 Å². The Labute approximate surface area is 185 Å². The zero-order valence-corrected chi connectivity index (χ0v) is 19.0. The zero-order valence-electron chi connectivity index (χ0n) is 19.0. The monoisotopic (exact) mass is 428 g/mol. The van der Waals surface area contributed by atoms with Gasteiger partial charge in [0.15, 0.2) is 5.76 Å². The van der Waals surface area contributed by atoms with Crippen LogP contribution in [0.3, 0.4) is 0 Å². The van der Waals surface area contributed by atoms with E-state index in [1.54, 1.807) is 6.26 Å². The van der Waals surface area contributed by atoms with E-state index in [0.717, 1.165) is 56.1 Å². The average Bonchev–Trinajstić information content (AvgIpc) is 3.14. The molecule has 1 aromatic rings. The van der Waals surface area contributed by atoms with Gasteiger partial charge in [-0.05, 0) is 18.3 Å². The molecule has 1 saturated carbocycles. The van der Waals surface area contributed by atoms with Crippen LogP contribution in [0.25, 0.3) is 0 Å². The molecule has 2 saturated heterocycles. The molecule has 2 amide bonds. The van der Waals surface area contributed by atoms with Crippen LogP contribution in [0.2, 0.25) is 0 Å². The lowest BCUT2D eigenvalue weighted by atomic mass is 9.71. The Bertz CT molecular complexity index is 825. The first-order valence-electron chi connectivity index (χ1n) is 12.2. The summed E-state index contributed by atoms with van der Waals surface area (Å²) in [4.78, 5) is 30.1. The summed E-state index contributed by atoms with van der Waals surface area (Å²) in [7, 11) is 0. The van der Waals surface area contributed by atoms with Gasteiger partial charge >= 0.3 is 0 Å². The van der Waals surface area contributed by atoms with Gasteiger partial charge in [-0.3, -0.25) is 9.59 Å². The van der Waals surface area contributed by atoms with Crippen LogP contribution < -0.4 is 0 Å². The normalized spacial score (nSPS) is 24.0. The average molecular weight is 429 g/mol. The van der Waals surface area contributed by atoms with E-state index >= 15 is 0 Å². The van der Waals surface area contributed by atoms with Crippen LogP contribution in [-0.2, 0) is 22.6 Å². The molecule has 6 heteroatoms. The van der Waals surface area contributed by atoms with Crippen LogP contribution in [0.15, 0.2) is 10.7 Å². The Balaban J connectivity index is 1.14. The summed E-state index contributed by atoms with van der Waals surface area (Å²) in [5, 5.41) is 0. The van der Waals surface area contributed by atoms with Crippen molar-refractivity contribution in [3.8, 4) is 0 Å². The van der Waals surface area contributed by atoms with Gasteiger partial charge in [0, 0.05) is 55.1 Å². The molecule has 170 valence electrons. The summed E-state index contributed by atoms with van der Waals surface area (Å²) < 4.78 is 11.1. The largest absolute Gasteiger partial charge is 0.458 e. The lowest BCUT2D eigenvalue weighted by Crippen LogP contribution is -2.74. The quantitative estimate of drug-likeness (QED) is 0.714. The fraction of sp³-hybridized carbons (Fsp3) is 0.760. The Morgan fingerprint density at radius 1 is 1.10 bits per heavy atom. The van der Waals surface area contributed by atoms with Gasteiger partial charge in [0.25, 0.3) is 5.91 Å². The number of likely N-dealkylation sites (tertiary alicyclic amines) is 2. The van der Waals surface area contributed by atoms with Gasteiger partial charge in [-0.15, -0.1) is 0 Å². The van der Waals surface area contributed by atoms with Crippen molar-refractivity contribution in [2.75, 3.05) is 32.8 Å². The second kappa shape index (κ2) is 8.27. The van der Waals surface area contributed by atoms with Crippen molar-refractivity contribution < 1.29 is 18.7 Å². The molecule has 1 spiro atoms. The lowest BCUT2D eigenvalue weighted by Gasteiger charge is -2.60. The molecule has 6 nitrogen and oxygen atoms in total. The van der Waals surface area contributed by atoms with Crippen molar-refractivity contribution in [1.82, 2.24) is 9.80 Å². The standard InChI is InChI=1S/C25H36N2O4/c1-17(2)21(10-18-6-4-3-5-7-18)23(28)26-13-25(14-26)15-27(16-25)24(29)22-20-8-9-30-11-19(20)12-31-22/h12,17-18,21H,3-11,13-16H2,1-2H3. The molecule has 0 radical (unpaired) electrons. The van der Waals surface area contributed by atoms with Crippen LogP contribution >= 0.6 is 0 Å². The predicted octanol–water partition coefficient (Wildman–Crippen LogP) is 3.88. The molecule has 1 aromatic heterocycles. The van der Waals surface area contributed by atoms with Crippen molar-refractivity contribution in [2.45, 2.75) is 65.4 Å². The Morgan fingerprint density at radius 3 is 2.52 bits per heavy atom. The van der Waals surface area contributed by atoms with Crippen molar-refractivity contribution in [1.29, 1.82) is 0 Å². The number of carbonyl (C=O) groups is 2. The van der Waals surface area contributed by atoms with Gasteiger partial charge in [0.05, 0.1) is 19.5 Å². The predicted molar refractivity (Wildman–Crippen MR) is 117 cm³/mol. The van der Waals surface area contributed by atoms with Crippen LogP contribution in [0, 0.1) is 23.2 Å². The van der Waals surface area contributed by atoms with Crippen molar-refractivity contribution in [3.05, 3.63) is 23.2 Å². The highest BCUT2D eigenvalue weighted by molar-refractivity contribution is 5.94. The summed E-state index contributed by atoms with van der Waals surface area (Å²) in [5.41, 5.74) is 2.13. The Morgan fingerprint density at radius 2 is 1.81 bits per heavy atom. The minimum absolute atomic E-state index is 0.00379. The SMILES string of the molecule is CC(C)C(CC1CCCCC1)C(=O)N1CC2(CN(C(=O)c3occ4c3CCOC4)C2)C1. The number of rotatable bonds is 5. The summed E-state index contributed by atoms with van der Waals surface area (Å²) in [6, 6.07) is 0. The molecule has 0 N–H and O–H groups in total. The fourth-order valence-electron chi connectivity index (χ4n) is 6.19. The third kappa shape index (κ3) is 3.92. The van der Waals surface area contributed by atoms with Crippen LogP contribution in [0.5, 0.6) is 0 Å². The highest BCUT2D eigenvalue weighted by Crippen LogP contribution is 2.42. The topological polar surface area (TPSA) is 63.0 Å². The van der Waals surface area contributed by atoms with Crippen LogP contribution in [0.4, 0.5) is 0 Å². The molecule has 1 unspecified atom stereocenters. The first-order valence-corrected chi connectivity index (χ1v) is 12.2. The second-order valence-electron chi connectivity index (χ2n) is 10.8. The minimum Gasteiger partial charge on any atom is -0.458 e. The van der Waals surface area contributed by atoms with Crippen LogP contribution in [-0.4, -0.2) is 54.4 Å². The number of amides is 2. The van der Waals surface area contributed by atoms with E-state index in [0.29, 0.717) is 30.8 Å². The number of nitrogens with zero attached hydrogens (tertiary/aromatic N) is 2. The van der Waals surface area contributed by atoms with Gasteiger partial charge < -0.3 is 19.0 Å². The van der Waals surface area contributed by atoms with Crippen molar-refractivity contribution in [2.24, 2.45) is 23.2 Å². The number of fused-ring (bicyclic) bond motifs is 1. The lowest BCUT2D eigenvalue weighted by molar-refractivity contribution is -0.161. The summed E-state index contributed by atoms with van der Waals surface area (Å²) in [6.07, 6.45) is 10.1. The molecule has 4 heterocycles. The number of ether oxygens (including phenoxy) is 1. The molecule has 0 aromatic carbocycles. The molecule has 3 fully saturated rings. The summed E-state index contributed by atoms with van der Waals surface area (Å²) >= 11 is 0. The van der Waals surface area contributed by atoms with Crippen molar-refractivity contribution in [3.63, 3.8) is 0 Å². The molecule has 1 atom stereocenters. The van der Waals surface area contributed by atoms with E-state index in [2.05, 4.69) is 18.7 Å². The smallest absolute Gasteiger partial charge is 0.289 e.